The standard InChI is InChI=1S/C8H16N2O2S/c1-4-6-9-7(13-3)10-8(11)12-5-2/h4-6H2,1-3H3,(H,9,10,11). The van der Waals surface area contributed by atoms with Gasteiger partial charge in [-0.3, -0.25) is 10.3 Å². The highest BCUT2D eigenvalue weighted by Gasteiger charge is 2.03. The quantitative estimate of drug-likeness (QED) is 0.564. The van der Waals surface area contributed by atoms with Gasteiger partial charge in [-0.25, -0.2) is 4.79 Å². The molecule has 0 bridgehead atoms. The van der Waals surface area contributed by atoms with E-state index in [0.717, 1.165) is 13.0 Å². The maximum absolute atomic E-state index is 10.9. The highest BCUT2D eigenvalue weighted by molar-refractivity contribution is 8.13. The maximum atomic E-state index is 10.9. The molecular weight excluding hydrogens is 188 g/mol. The van der Waals surface area contributed by atoms with Gasteiger partial charge < -0.3 is 4.74 Å². The summed E-state index contributed by atoms with van der Waals surface area (Å²) in [5, 5.41) is 3.17. The average molecular weight is 204 g/mol. The molecule has 0 aliphatic rings. The number of amidine groups is 1. The number of hydrogen-bond acceptors (Lipinski definition) is 4. The second-order valence-electron chi connectivity index (χ2n) is 2.24. The van der Waals surface area contributed by atoms with E-state index in [1.807, 2.05) is 13.2 Å². The Morgan fingerprint density at radius 2 is 2.23 bits per heavy atom. The molecule has 0 aliphatic carbocycles. The van der Waals surface area contributed by atoms with Crippen LogP contribution in [0.25, 0.3) is 0 Å². The van der Waals surface area contributed by atoms with Crippen molar-refractivity contribution in [3.8, 4) is 0 Å². The van der Waals surface area contributed by atoms with Gasteiger partial charge >= 0.3 is 6.09 Å². The highest BCUT2D eigenvalue weighted by atomic mass is 32.2. The Labute approximate surface area is 83.1 Å². The number of ether oxygens (including phenoxy) is 1. The molecule has 76 valence electrons. The van der Waals surface area contributed by atoms with E-state index >= 15 is 0 Å². The van der Waals surface area contributed by atoms with Gasteiger partial charge in [0.25, 0.3) is 0 Å². The van der Waals surface area contributed by atoms with E-state index in [0.29, 0.717) is 11.8 Å². The summed E-state index contributed by atoms with van der Waals surface area (Å²) in [6.07, 6.45) is 2.39. The number of rotatable bonds is 3. The number of alkyl carbamates (subject to hydrolysis) is 1. The molecule has 0 atom stereocenters. The van der Waals surface area contributed by atoms with Crippen LogP contribution in [0.5, 0.6) is 0 Å². The van der Waals surface area contributed by atoms with Gasteiger partial charge in [-0.2, -0.15) is 0 Å². The molecule has 0 spiro atoms. The summed E-state index contributed by atoms with van der Waals surface area (Å²) in [5.74, 6) is 0. The Bertz CT molecular complexity index is 183. The zero-order valence-corrected chi connectivity index (χ0v) is 9.11. The number of hydrogen-bond donors (Lipinski definition) is 1. The molecule has 0 aliphatic heterocycles. The summed E-state index contributed by atoms with van der Waals surface area (Å²) in [5.41, 5.74) is 0. The summed E-state index contributed by atoms with van der Waals surface area (Å²) in [6.45, 7) is 4.90. The van der Waals surface area contributed by atoms with Gasteiger partial charge in [-0.15, -0.1) is 0 Å². The van der Waals surface area contributed by atoms with Crippen molar-refractivity contribution in [3.05, 3.63) is 0 Å². The smallest absolute Gasteiger partial charge is 0.413 e. The minimum atomic E-state index is -0.438. The van der Waals surface area contributed by atoms with Gasteiger partial charge in [0.05, 0.1) is 6.61 Å². The fraction of sp³-hybridized carbons (Fsp3) is 0.750. The molecular formula is C8H16N2O2S. The van der Waals surface area contributed by atoms with Crippen LogP contribution in [-0.4, -0.2) is 30.7 Å². The van der Waals surface area contributed by atoms with Crippen molar-refractivity contribution in [2.24, 2.45) is 4.99 Å². The molecule has 5 heteroatoms. The average Bonchev–Trinajstić information content (AvgIpc) is 2.12. The number of carbonyl (C=O) groups excluding carboxylic acids is 1. The summed E-state index contributed by atoms with van der Waals surface area (Å²) in [6, 6.07) is 0. The zero-order chi connectivity index (χ0) is 10.1. The Balaban J connectivity index is 3.89. The number of amides is 1. The first-order valence-electron chi connectivity index (χ1n) is 4.26. The summed E-state index contributed by atoms with van der Waals surface area (Å²) >= 11 is 1.40. The van der Waals surface area contributed by atoms with Crippen LogP contribution in [0, 0.1) is 0 Å². The lowest BCUT2D eigenvalue weighted by atomic mass is 10.5. The maximum Gasteiger partial charge on any atom is 0.413 e. The number of thioether (sulfide) groups is 1. The van der Waals surface area contributed by atoms with Crippen molar-refractivity contribution in [1.29, 1.82) is 0 Å². The van der Waals surface area contributed by atoms with Crippen LogP contribution in [0.3, 0.4) is 0 Å². The van der Waals surface area contributed by atoms with Crippen molar-refractivity contribution in [2.45, 2.75) is 20.3 Å². The normalized spacial score (nSPS) is 11.2. The third-order valence-corrected chi connectivity index (χ3v) is 1.77. The molecule has 0 rings (SSSR count). The van der Waals surface area contributed by atoms with Crippen LogP contribution in [0.2, 0.25) is 0 Å². The molecule has 0 aromatic rings. The number of carbonyl (C=O) groups is 1. The Kier molecular flexibility index (Phi) is 7.48. The van der Waals surface area contributed by atoms with Gasteiger partial charge in [0.15, 0.2) is 5.17 Å². The van der Waals surface area contributed by atoms with Crippen LogP contribution in [0.1, 0.15) is 20.3 Å². The minimum absolute atomic E-state index is 0.376. The topological polar surface area (TPSA) is 50.7 Å². The molecule has 0 aromatic carbocycles. The Morgan fingerprint density at radius 3 is 2.69 bits per heavy atom. The molecule has 1 N–H and O–H groups in total. The van der Waals surface area contributed by atoms with E-state index in [2.05, 4.69) is 10.3 Å². The van der Waals surface area contributed by atoms with E-state index in [9.17, 15) is 4.79 Å². The van der Waals surface area contributed by atoms with E-state index in [4.69, 9.17) is 4.74 Å². The predicted octanol–water partition coefficient (Wildman–Crippen LogP) is 1.86. The Hall–Kier alpha value is -0.710. The molecule has 0 heterocycles. The van der Waals surface area contributed by atoms with Gasteiger partial charge in [0.2, 0.25) is 0 Å². The minimum Gasteiger partial charge on any atom is -0.450 e. The number of nitrogens with zero attached hydrogens (tertiary/aromatic N) is 1. The van der Waals surface area contributed by atoms with Crippen LogP contribution < -0.4 is 5.32 Å². The van der Waals surface area contributed by atoms with E-state index in [-0.39, 0.29) is 0 Å². The third kappa shape index (κ3) is 6.45. The monoisotopic (exact) mass is 204 g/mol. The first-order chi connectivity index (χ1) is 6.24. The van der Waals surface area contributed by atoms with E-state index in [1.54, 1.807) is 6.92 Å². The van der Waals surface area contributed by atoms with Crippen LogP contribution in [-0.2, 0) is 4.74 Å². The lowest BCUT2D eigenvalue weighted by Crippen LogP contribution is -2.29. The summed E-state index contributed by atoms with van der Waals surface area (Å²) in [7, 11) is 0. The number of nitrogens with one attached hydrogen (secondary N) is 1. The molecule has 0 saturated carbocycles. The van der Waals surface area contributed by atoms with E-state index in [1.165, 1.54) is 11.8 Å². The van der Waals surface area contributed by atoms with Crippen molar-refractivity contribution in [1.82, 2.24) is 5.32 Å². The summed E-state index contributed by atoms with van der Waals surface area (Å²) < 4.78 is 4.71. The highest BCUT2D eigenvalue weighted by Crippen LogP contribution is 1.96. The van der Waals surface area contributed by atoms with E-state index < -0.39 is 6.09 Å². The molecule has 0 fully saturated rings. The SMILES string of the molecule is CCCN=C(NC(=O)OCC)SC. The largest absolute Gasteiger partial charge is 0.450 e. The van der Waals surface area contributed by atoms with Crippen LogP contribution in [0.4, 0.5) is 4.79 Å². The summed E-state index contributed by atoms with van der Waals surface area (Å²) in [4.78, 5) is 15.1. The predicted molar refractivity (Wildman–Crippen MR) is 56.3 cm³/mol. The van der Waals surface area contributed by atoms with Gasteiger partial charge in [0, 0.05) is 6.54 Å². The van der Waals surface area contributed by atoms with Crippen molar-refractivity contribution >= 4 is 23.0 Å². The molecule has 13 heavy (non-hydrogen) atoms. The molecule has 0 radical (unpaired) electrons. The van der Waals surface area contributed by atoms with Gasteiger partial charge in [-0.05, 0) is 19.6 Å². The molecule has 4 nitrogen and oxygen atoms in total. The molecule has 0 aromatic heterocycles. The Morgan fingerprint density at radius 1 is 1.54 bits per heavy atom. The second kappa shape index (κ2) is 7.91. The fourth-order valence-electron chi connectivity index (χ4n) is 0.623. The van der Waals surface area contributed by atoms with Crippen molar-refractivity contribution < 1.29 is 9.53 Å². The molecule has 0 saturated heterocycles. The van der Waals surface area contributed by atoms with Gasteiger partial charge in [-0.1, -0.05) is 18.7 Å². The van der Waals surface area contributed by atoms with Crippen LogP contribution >= 0.6 is 11.8 Å². The van der Waals surface area contributed by atoms with Crippen molar-refractivity contribution in [2.75, 3.05) is 19.4 Å². The third-order valence-electron chi connectivity index (χ3n) is 1.16. The fourth-order valence-corrected chi connectivity index (χ4v) is 1.03. The van der Waals surface area contributed by atoms with Crippen LogP contribution in [0.15, 0.2) is 4.99 Å². The van der Waals surface area contributed by atoms with Crippen molar-refractivity contribution in [3.63, 3.8) is 0 Å². The second-order valence-corrected chi connectivity index (χ2v) is 3.03. The molecule has 0 unspecified atom stereocenters. The lowest BCUT2D eigenvalue weighted by molar-refractivity contribution is 0.158. The first-order valence-corrected chi connectivity index (χ1v) is 5.49. The molecule has 1 amide bonds. The zero-order valence-electron chi connectivity index (χ0n) is 8.29. The first kappa shape index (κ1) is 12.3. The van der Waals surface area contributed by atoms with Gasteiger partial charge in [0.1, 0.15) is 0 Å². The number of aliphatic imine (C=N–C) groups is 1. The lowest BCUT2D eigenvalue weighted by Gasteiger charge is -2.05.